The molecule has 2 unspecified atom stereocenters. The predicted molar refractivity (Wildman–Crippen MR) is 79.5 cm³/mol. The summed E-state index contributed by atoms with van der Waals surface area (Å²) in [5.41, 5.74) is 0.922. The van der Waals surface area contributed by atoms with Gasteiger partial charge in [0, 0.05) is 19.1 Å². The van der Waals surface area contributed by atoms with Crippen molar-refractivity contribution in [1.29, 1.82) is 0 Å². The summed E-state index contributed by atoms with van der Waals surface area (Å²) in [6.45, 7) is 2.59. The summed E-state index contributed by atoms with van der Waals surface area (Å²) in [6.07, 6.45) is -0.451. The van der Waals surface area contributed by atoms with E-state index in [9.17, 15) is 8.42 Å². The van der Waals surface area contributed by atoms with Gasteiger partial charge in [-0.05, 0) is 31.7 Å². The van der Waals surface area contributed by atoms with Crippen LogP contribution in [0.1, 0.15) is 18.5 Å². The molecule has 21 heavy (non-hydrogen) atoms. The third-order valence-electron chi connectivity index (χ3n) is 3.73. The lowest BCUT2D eigenvalue weighted by atomic mass is 10.1. The normalized spacial score (nSPS) is 22.1. The lowest BCUT2D eigenvalue weighted by Gasteiger charge is -2.31. The van der Waals surface area contributed by atoms with Crippen LogP contribution in [0.25, 0.3) is 0 Å². The minimum Gasteiger partial charge on any atom is -0.394 e. The van der Waals surface area contributed by atoms with Crippen molar-refractivity contribution in [2.24, 2.45) is 0 Å². The molecule has 1 saturated heterocycles. The molecule has 118 valence electrons. The van der Waals surface area contributed by atoms with E-state index in [1.807, 2.05) is 20.0 Å². The molecule has 0 aromatic heterocycles. The molecule has 0 radical (unpaired) electrons. The summed E-state index contributed by atoms with van der Waals surface area (Å²) in [4.78, 5) is 0.278. The number of ether oxygens (including phenoxy) is 1. The third kappa shape index (κ3) is 3.61. The van der Waals surface area contributed by atoms with Crippen LogP contribution in [0.5, 0.6) is 0 Å². The highest BCUT2D eigenvalue weighted by Gasteiger charge is 2.30. The Balaban J connectivity index is 2.27. The Morgan fingerprint density at radius 3 is 2.95 bits per heavy atom. The largest absolute Gasteiger partial charge is 0.394 e. The van der Waals surface area contributed by atoms with E-state index in [0.717, 1.165) is 5.56 Å². The first-order valence-electron chi connectivity index (χ1n) is 6.99. The van der Waals surface area contributed by atoms with Crippen molar-refractivity contribution in [1.82, 2.24) is 9.62 Å². The molecule has 1 aromatic carbocycles. The number of nitrogens with zero attached hydrogens (tertiary/aromatic N) is 1. The Bertz CT molecular complexity index is 576. The summed E-state index contributed by atoms with van der Waals surface area (Å²) >= 11 is 0. The second-order valence-corrected chi connectivity index (χ2v) is 7.06. The number of aliphatic hydroxyl groups excluding tert-OH is 1. The van der Waals surface area contributed by atoms with E-state index in [1.54, 1.807) is 18.2 Å². The zero-order valence-corrected chi connectivity index (χ0v) is 13.1. The molecule has 1 heterocycles. The first-order chi connectivity index (χ1) is 9.98. The number of rotatable bonds is 5. The van der Waals surface area contributed by atoms with Gasteiger partial charge in [0.1, 0.15) is 0 Å². The van der Waals surface area contributed by atoms with E-state index < -0.39 is 16.1 Å². The molecule has 6 nitrogen and oxygen atoms in total. The predicted octanol–water partition coefficient (Wildman–Crippen LogP) is 0.349. The van der Waals surface area contributed by atoms with Gasteiger partial charge in [-0.1, -0.05) is 12.1 Å². The molecule has 1 aliphatic rings. The van der Waals surface area contributed by atoms with Gasteiger partial charge in [0.05, 0.1) is 24.2 Å². The second-order valence-electron chi connectivity index (χ2n) is 5.12. The molecule has 1 aromatic rings. The SMILES string of the molecule is CNC(C)c1cccc(S(=O)(=O)N2CCOC(CO)C2)c1. The van der Waals surface area contributed by atoms with Crippen LogP contribution in [0.2, 0.25) is 0 Å². The Labute approximate surface area is 125 Å². The van der Waals surface area contributed by atoms with Gasteiger partial charge in [0.2, 0.25) is 10.0 Å². The summed E-state index contributed by atoms with van der Waals surface area (Å²) in [5, 5.41) is 12.2. The Morgan fingerprint density at radius 2 is 2.29 bits per heavy atom. The molecule has 0 saturated carbocycles. The van der Waals surface area contributed by atoms with Gasteiger partial charge < -0.3 is 15.2 Å². The van der Waals surface area contributed by atoms with E-state index in [2.05, 4.69) is 5.32 Å². The highest BCUT2D eigenvalue weighted by atomic mass is 32.2. The summed E-state index contributed by atoms with van der Waals surface area (Å²) in [5.74, 6) is 0. The molecule has 1 aliphatic heterocycles. The highest BCUT2D eigenvalue weighted by molar-refractivity contribution is 7.89. The van der Waals surface area contributed by atoms with Crippen molar-refractivity contribution in [3.8, 4) is 0 Å². The maximum Gasteiger partial charge on any atom is 0.243 e. The van der Waals surface area contributed by atoms with Crippen LogP contribution in [-0.2, 0) is 14.8 Å². The minimum atomic E-state index is -3.55. The molecule has 0 spiro atoms. The molecule has 0 aliphatic carbocycles. The number of sulfonamides is 1. The van der Waals surface area contributed by atoms with Gasteiger partial charge in [-0.15, -0.1) is 0 Å². The van der Waals surface area contributed by atoms with Gasteiger partial charge in [0.25, 0.3) is 0 Å². The Hall–Kier alpha value is -0.990. The second kappa shape index (κ2) is 6.85. The van der Waals surface area contributed by atoms with Crippen LogP contribution >= 0.6 is 0 Å². The van der Waals surface area contributed by atoms with Crippen molar-refractivity contribution >= 4 is 10.0 Å². The number of benzene rings is 1. The zero-order chi connectivity index (χ0) is 15.5. The van der Waals surface area contributed by atoms with Crippen LogP contribution < -0.4 is 5.32 Å². The molecule has 2 atom stereocenters. The molecule has 0 amide bonds. The fourth-order valence-corrected chi connectivity index (χ4v) is 3.79. The standard InChI is InChI=1S/C14H22N2O4S/c1-11(15-2)12-4-3-5-14(8-12)21(18,19)16-6-7-20-13(9-16)10-17/h3-5,8,11,13,15,17H,6-7,9-10H2,1-2H3. The minimum absolute atomic E-state index is 0.0787. The van der Waals surface area contributed by atoms with Crippen LogP contribution in [0.3, 0.4) is 0 Å². The van der Waals surface area contributed by atoms with Crippen LogP contribution in [0, 0.1) is 0 Å². The molecular weight excluding hydrogens is 292 g/mol. The lowest BCUT2D eigenvalue weighted by Crippen LogP contribution is -2.46. The van der Waals surface area contributed by atoms with Gasteiger partial charge >= 0.3 is 0 Å². The van der Waals surface area contributed by atoms with Crippen molar-refractivity contribution in [3.05, 3.63) is 29.8 Å². The average molecular weight is 314 g/mol. The Morgan fingerprint density at radius 1 is 1.52 bits per heavy atom. The van der Waals surface area contributed by atoms with E-state index in [-0.39, 0.29) is 24.1 Å². The van der Waals surface area contributed by atoms with Gasteiger partial charge in [0.15, 0.2) is 0 Å². The monoisotopic (exact) mass is 314 g/mol. The molecule has 1 fully saturated rings. The molecule has 2 rings (SSSR count). The fourth-order valence-electron chi connectivity index (χ4n) is 2.28. The van der Waals surface area contributed by atoms with Crippen molar-refractivity contribution in [3.63, 3.8) is 0 Å². The van der Waals surface area contributed by atoms with Crippen LogP contribution in [-0.4, -0.2) is 57.3 Å². The smallest absolute Gasteiger partial charge is 0.243 e. The fraction of sp³-hybridized carbons (Fsp3) is 0.571. The topological polar surface area (TPSA) is 78.9 Å². The number of aliphatic hydroxyl groups is 1. The van der Waals surface area contributed by atoms with E-state index >= 15 is 0 Å². The Kier molecular flexibility index (Phi) is 5.34. The number of morpholine rings is 1. The molecule has 0 bridgehead atoms. The molecule has 7 heteroatoms. The van der Waals surface area contributed by atoms with Gasteiger partial charge in [-0.3, -0.25) is 0 Å². The van der Waals surface area contributed by atoms with Gasteiger partial charge in [-0.2, -0.15) is 4.31 Å². The first kappa shape index (κ1) is 16.4. The quantitative estimate of drug-likeness (QED) is 0.820. The number of nitrogens with one attached hydrogen (secondary N) is 1. The van der Waals surface area contributed by atoms with E-state index in [1.165, 1.54) is 4.31 Å². The first-order valence-corrected chi connectivity index (χ1v) is 8.43. The van der Waals surface area contributed by atoms with Crippen molar-refractivity contribution in [2.75, 3.05) is 33.4 Å². The molecular formula is C14H22N2O4S. The van der Waals surface area contributed by atoms with E-state index in [0.29, 0.717) is 13.2 Å². The maximum absolute atomic E-state index is 12.7. The van der Waals surface area contributed by atoms with Crippen LogP contribution in [0.15, 0.2) is 29.2 Å². The lowest BCUT2D eigenvalue weighted by molar-refractivity contribution is -0.0304. The van der Waals surface area contributed by atoms with Crippen molar-refractivity contribution in [2.45, 2.75) is 24.0 Å². The summed E-state index contributed by atoms with van der Waals surface area (Å²) < 4.78 is 32.0. The highest BCUT2D eigenvalue weighted by Crippen LogP contribution is 2.22. The van der Waals surface area contributed by atoms with Crippen molar-refractivity contribution < 1.29 is 18.3 Å². The van der Waals surface area contributed by atoms with Gasteiger partial charge in [-0.25, -0.2) is 8.42 Å². The third-order valence-corrected chi connectivity index (χ3v) is 5.60. The van der Waals surface area contributed by atoms with E-state index in [4.69, 9.17) is 9.84 Å². The number of hydrogen-bond acceptors (Lipinski definition) is 5. The summed E-state index contributed by atoms with van der Waals surface area (Å²) in [6, 6.07) is 7.02. The zero-order valence-electron chi connectivity index (χ0n) is 12.3. The maximum atomic E-state index is 12.7. The average Bonchev–Trinajstić information content (AvgIpc) is 2.54. The summed E-state index contributed by atoms with van der Waals surface area (Å²) in [7, 11) is -1.72. The number of hydrogen-bond donors (Lipinski definition) is 2. The molecule has 2 N–H and O–H groups in total. The van der Waals surface area contributed by atoms with Crippen LogP contribution in [0.4, 0.5) is 0 Å².